The smallest absolute Gasteiger partial charge is 0.341 e. The number of hydrogen-bond donors (Lipinski definition) is 2. The summed E-state index contributed by atoms with van der Waals surface area (Å²) in [5.74, 6) is 1.82. The van der Waals surface area contributed by atoms with Gasteiger partial charge in [0.05, 0.1) is 14.2 Å². The summed E-state index contributed by atoms with van der Waals surface area (Å²) in [4.78, 5) is 15.9. The molecular weight excluding hydrogens is 302 g/mol. The van der Waals surface area contributed by atoms with E-state index in [1.807, 2.05) is 6.07 Å². The zero-order chi connectivity index (χ0) is 16.4. The van der Waals surface area contributed by atoms with Crippen LogP contribution in [-0.2, 0) is 11.3 Å². The molecule has 0 radical (unpaired) electrons. The molecule has 122 valence electrons. The summed E-state index contributed by atoms with van der Waals surface area (Å²) < 4.78 is 9.94. The molecule has 7 heteroatoms. The maximum Gasteiger partial charge on any atom is 0.341 e. The molecule has 0 spiro atoms. The van der Waals surface area contributed by atoms with Crippen molar-refractivity contribution in [3.63, 3.8) is 0 Å². The predicted molar refractivity (Wildman–Crippen MR) is 90.9 cm³/mol. The third-order valence-corrected chi connectivity index (χ3v) is 3.56. The van der Waals surface area contributed by atoms with Gasteiger partial charge < -0.3 is 20.1 Å². The number of esters is 1. The number of methoxy groups -OCH3 is 2. The molecule has 6 nitrogen and oxygen atoms in total. The Bertz CT molecular complexity index is 521. The Morgan fingerprint density at radius 1 is 1.32 bits per heavy atom. The van der Waals surface area contributed by atoms with Crippen LogP contribution in [0.5, 0.6) is 5.75 Å². The molecule has 22 heavy (non-hydrogen) atoms. The molecule has 0 aliphatic carbocycles. The second kappa shape index (κ2) is 9.94. The van der Waals surface area contributed by atoms with E-state index in [0.29, 0.717) is 17.9 Å². The van der Waals surface area contributed by atoms with Crippen molar-refractivity contribution in [3.8, 4) is 5.75 Å². The highest BCUT2D eigenvalue weighted by molar-refractivity contribution is 7.98. The number of nitrogens with one attached hydrogen (secondary N) is 2. The molecule has 0 amide bonds. The zero-order valence-electron chi connectivity index (χ0n) is 13.4. The minimum Gasteiger partial charge on any atom is -0.496 e. The molecule has 0 atom stereocenters. The summed E-state index contributed by atoms with van der Waals surface area (Å²) in [6.45, 7) is 1.39. The summed E-state index contributed by atoms with van der Waals surface area (Å²) in [5, 5.41) is 6.42. The molecule has 0 saturated carbocycles. The number of aliphatic imine (C=N–C) groups is 1. The van der Waals surface area contributed by atoms with E-state index in [2.05, 4.69) is 21.9 Å². The van der Waals surface area contributed by atoms with Gasteiger partial charge in [-0.15, -0.1) is 0 Å². The van der Waals surface area contributed by atoms with E-state index >= 15 is 0 Å². The Balaban J connectivity index is 2.71. The van der Waals surface area contributed by atoms with Crippen LogP contribution >= 0.6 is 11.8 Å². The molecule has 2 N–H and O–H groups in total. The summed E-state index contributed by atoms with van der Waals surface area (Å²) in [6, 6.07) is 5.41. The Hall–Kier alpha value is -1.89. The topological polar surface area (TPSA) is 72.0 Å². The SMILES string of the molecule is CN=C(NCCSC)NCc1ccc(OC)c(C(=O)OC)c1. The molecule has 1 rings (SSSR count). The minimum absolute atomic E-state index is 0.412. The molecular formula is C15H23N3O3S. The second-order valence-corrected chi connectivity index (χ2v) is 5.36. The fourth-order valence-electron chi connectivity index (χ4n) is 1.81. The molecule has 0 aliphatic rings. The van der Waals surface area contributed by atoms with Gasteiger partial charge in [0.25, 0.3) is 0 Å². The van der Waals surface area contributed by atoms with E-state index in [9.17, 15) is 4.79 Å². The monoisotopic (exact) mass is 325 g/mol. The number of rotatable bonds is 7. The molecule has 0 heterocycles. The fourth-order valence-corrected chi connectivity index (χ4v) is 2.12. The number of ether oxygens (including phenoxy) is 2. The largest absolute Gasteiger partial charge is 0.496 e. The Labute approximate surface area is 135 Å². The summed E-state index contributed by atoms with van der Waals surface area (Å²) in [7, 11) is 4.60. The van der Waals surface area contributed by atoms with Crippen LogP contribution in [0.15, 0.2) is 23.2 Å². The van der Waals surface area contributed by atoms with Crippen molar-refractivity contribution in [1.82, 2.24) is 10.6 Å². The van der Waals surface area contributed by atoms with Crippen molar-refractivity contribution in [2.45, 2.75) is 6.54 Å². The van der Waals surface area contributed by atoms with Crippen molar-refractivity contribution in [1.29, 1.82) is 0 Å². The van der Waals surface area contributed by atoms with Gasteiger partial charge in [0.1, 0.15) is 11.3 Å². The lowest BCUT2D eigenvalue weighted by molar-refractivity contribution is 0.0597. The molecule has 0 unspecified atom stereocenters. The first-order chi connectivity index (χ1) is 10.7. The fraction of sp³-hybridized carbons (Fsp3) is 0.467. The summed E-state index contributed by atoms with van der Waals surface area (Å²) in [6.07, 6.45) is 2.06. The van der Waals surface area contributed by atoms with Gasteiger partial charge in [0.2, 0.25) is 0 Å². The van der Waals surface area contributed by atoms with Crippen molar-refractivity contribution in [2.24, 2.45) is 4.99 Å². The van der Waals surface area contributed by atoms with Crippen LogP contribution in [0.1, 0.15) is 15.9 Å². The first-order valence-electron chi connectivity index (χ1n) is 6.85. The number of carbonyl (C=O) groups is 1. The number of benzene rings is 1. The number of carbonyl (C=O) groups excluding carboxylic acids is 1. The number of guanidine groups is 1. The van der Waals surface area contributed by atoms with Gasteiger partial charge in [-0.2, -0.15) is 11.8 Å². The van der Waals surface area contributed by atoms with Gasteiger partial charge in [0.15, 0.2) is 5.96 Å². The molecule has 0 saturated heterocycles. The van der Waals surface area contributed by atoms with Crippen LogP contribution < -0.4 is 15.4 Å². The molecule has 0 bridgehead atoms. The van der Waals surface area contributed by atoms with Gasteiger partial charge in [0, 0.05) is 25.9 Å². The van der Waals surface area contributed by atoms with E-state index in [4.69, 9.17) is 9.47 Å². The normalized spacial score (nSPS) is 11.0. The van der Waals surface area contributed by atoms with Gasteiger partial charge in [-0.05, 0) is 24.0 Å². The maximum atomic E-state index is 11.8. The van der Waals surface area contributed by atoms with Crippen LogP contribution in [0, 0.1) is 0 Å². The molecule has 1 aromatic rings. The Morgan fingerprint density at radius 2 is 2.09 bits per heavy atom. The average Bonchev–Trinajstić information content (AvgIpc) is 2.57. The zero-order valence-corrected chi connectivity index (χ0v) is 14.3. The number of nitrogens with zero attached hydrogens (tertiary/aromatic N) is 1. The standard InChI is InChI=1S/C15H23N3O3S/c1-16-15(17-7-8-22-4)18-10-11-5-6-13(20-2)12(9-11)14(19)21-3/h5-6,9H,7-8,10H2,1-4H3,(H2,16,17,18). The first kappa shape index (κ1) is 18.2. The van der Waals surface area contributed by atoms with Gasteiger partial charge in [-0.25, -0.2) is 4.79 Å². The van der Waals surface area contributed by atoms with Crippen molar-refractivity contribution < 1.29 is 14.3 Å². The van der Waals surface area contributed by atoms with E-state index in [0.717, 1.165) is 23.8 Å². The van der Waals surface area contributed by atoms with E-state index in [-0.39, 0.29) is 0 Å². The summed E-state index contributed by atoms with van der Waals surface area (Å²) >= 11 is 1.77. The highest BCUT2D eigenvalue weighted by Crippen LogP contribution is 2.20. The molecule has 0 aliphatic heterocycles. The van der Waals surface area contributed by atoms with Crippen LogP contribution in [-0.4, -0.2) is 51.7 Å². The molecule has 1 aromatic carbocycles. The average molecular weight is 325 g/mol. The van der Waals surface area contributed by atoms with Crippen molar-refractivity contribution >= 4 is 23.7 Å². The highest BCUT2D eigenvalue weighted by Gasteiger charge is 2.13. The lowest BCUT2D eigenvalue weighted by Gasteiger charge is -2.13. The lowest BCUT2D eigenvalue weighted by atomic mass is 10.1. The predicted octanol–water partition coefficient (Wildman–Crippen LogP) is 1.51. The van der Waals surface area contributed by atoms with Gasteiger partial charge in [-0.3, -0.25) is 4.99 Å². The van der Waals surface area contributed by atoms with Crippen LogP contribution in [0.25, 0.3) is 0 Å². The molecule has 0 fully saturated rings. The van der Waals surface area contributed by atoms with Crippen LogP contribution in [0.3, 0.4) is 0 Å². The van der Waals surface area contributed by atoms with Crippen molar-refractivity contribution in [3.05, 3.63) is 29.3 Å². The Morgan fingerprint density at radius 3 is 2.68 bits per heavy atom. The van der Waals surface area contributed by atoms with Crippen LogP contribution in [0.2, 0.25) is 0 Å². The summed E-state index contributed by atoms with van der Waals surface area (Å²) in [5.41, 5.74) is 1.35. The third-order valence-electron chi connectivity index (χ3n) is 2.95. The van der Waals surface area contributed by atoms with E-state index in [1.54, 1.807) is 30.9 Å². The maximum absolute atomic E-state index is 11.8. The highest BCUT2D eigenvalue weighted by atomic mass is 32.2. The van der Waals surface area contributed by atoms with Gasteiger partial charge in [-0.1, -0.05) is 6.07 Å². The first-order valence-corrected chi connectivity index (χ1v) is 8.24. The van der Waals surface area contributed by atoms with Crippen LogP contribution in [0.4, 0.5) is 0 Å². The lowest BCUT2D eigenvalue weighted by Crippen LogP contribution is -2.37. The third kappa shape index (κ3) is 5.48. The van der Waals surface area contributed by atoms with Gasteiger partial charge >= 0.3 is 5.97 Å². The van der Waals surface area contributed by atoms with Crippen molar-refractivity contribution in [2.75, 3.05) is 39.8 Å². The number of hydrogen-bond acceptors (Lipinski definition) is 5. The van der Waals surface area contributed by atoms with E-state index < -0.39 is 5.97 Å². The molecule has 0 aromatic heterocycles. The Kier molecular flexibility index (Phi) is 8.21. The quantitative estimate of drug-likeness (QED) is 0.343. The number of thioether (sulfide) groups is 1. The van der Waals surface area contributed by atoms with E-state index in [1.165, 1.54) is 14.2 Å². The minimum atomic E-state index is -0.416. The second-order valence-electron chi connectivity index (χ2n) is 4.37.